The SMILES string of the molecule is C[N+](C)(C)S(=O)(=O)OCC1CO1.[Cl-]. The molecule has 7 heteroatoms. The number of rotatable bonds is 4. The number of hydrogen-bond acceptors (Lipinski definition) is 4. The third-order valence-corrected chi connectivity index (χ3v) is 3.25. The van der Waals surface area contributed by atoms with E-state index in [1.165, 1.54) is 0 Å². The van der Waals surface area contributed by atoms with Gasteiger partial charge in [0.2, 0.25) is 0 Å². The summed E-state index contributed by atoms with van der Waals surface area (Å²) in [6.07, 6.45) is -0.0219. The van der Waals surface area contributed by atoms with E-state index in [9.17, 15) is 8.42 Å². The lowest BCUT2D eigenvalue weighted by atomic mass is 10.5. The molecule has 1 aliphatic heterocycles. The molecule has 0 aromatic heterocycles. The molecule has 1 rings (SSSR count). The van der Waals surface area contributed by atoms with Crippen molar-refractivity contribution in [2.75, 3.05) is 34.4 Å². The van der Waals surface area contributed by atoms with E-state index in [0.29, 0.717) is 6.61 Å². The molecule has 0 bridgehead atoms. The second-order valence-corrected chi connectivity index (χ2v) is 5.74. The lowest BCUT2D eigenvalue weighted by molar-refractivity contribution is -0.744. The summed E-state index contributed by atoms with van der Waals surface area (Å²) >= 11 is 0. The van der Waals surface area contributed by atoms with Crippen LogP contribution < -0.4 is 12.4 Å². The predicted molar refractivity (Wildman–Crippen MR) is 42.6 cm³/mol. The fourth-order valence-electron chi connectivity index (χ4n) is 0.484. The topological polar surface area (TPSA) is 55.9 Å². The van der Waals surface area contributed by atoms with E-state index < -0.39 is 10.3 Å². The fourth-order valence-corrected chi connectivity index (χ4v) is 1.12. The number of hydrogen-bond donors (Lipinski definition) is 0. The van der Waals surface area contributed by atoms with Crippen LogP contribution in [0.3, 0.4) is 0 Å². The van der Waals surface area contributed by atoms with Crippen LogP contribution in [0.25, 0.3) is 0 Å². The fraction of sp³-hybridized carbons (Fsp3) is 1.00. The first-order valence-electron chi connectivity index (χ1n) is 3.65. The molecule has 0 radical (unpaired) electrons. The third-order valence-electron chi connectivity index (χ3n) is 1.48. The van der Waals surface area contributed by atoms with Crippen LogP contribution in [0.5, 0.6) is 0 Å². The minimum atomic E-state index is -3.50. The third kappa shape index (κ3) is 3.78. The van der Waals surface area contributed by atoms with Gasteiger partial charge in [-0.2, -0.15) is 0 Å². The van der Waals surface area contributed by atoms with Gasteiger partial charge in [0.15, 0.2) is 0 Å². The zero-order valence-corrected chi connectivity index (χ0v) is 9.43. The van der Waals surface area contributed by atoms with E-state index in [1.54, 1.807) is 21.1 Å². The second kappa shape index (κ2) is 4.10. The van der Waals surface area contributed by atoms with Gasteiger partial charge in [-0.1, -0.05) is 0 Å². The molecule has 13 heavy (non-hydrogen) atoms. The highest BCUT2D eigenvalue weighted by molar-refractivity contribution is 7.81. The molecule has 0 saturated carbocycles. The average molecular weight is 232 g/mol. The molecule has 0 aliphatic carbocycles. The molecule has 1 aliphatic rings. The Balaban J connectivity index is 0.00000144. The summed E-state index contributed by atoms with van der Waals surface area (Å²) in [5, 5.41) is 0. The number of epoxide rings is 1. The van der Waals surface area contributed by atoms with Gasteiger partial charge in [0, 0.05) is 0 Å². The van der Waals surface area contributed by atoms with Gasteiger partial charge in [-0.05, 0) is 0 Å². The number of ether oxygens (including phenoxy) is 1. The van der Waals surface area contributed by atoms with Crippen LogP contribution in [0.2, 0.25) is 0 Å². The molecule has 0 aromatic rings. The Morgan fingerprint density at radius 2 is 1.92 bits per heavy atom. The van der Waals surface area contributed by atoms with E-state index in [4.69, 9.17) is 8.92 Å². The standard InChI is InChI=1S/C6H14NO4S.ClH/c1-7(2,3)12(8,9)11-5-6-4-10-6;/h6H,4-5H2,1-3H3;1H/q+1;/p-1. The summed E-state index contributed by atoms with van der Waals surface area (Å²) in [5.74, 6) is 0. The largest absolute Gasteiger partial charge is 1.00 e. The van der Waals surface area contributed by atoms with E-state index in [1.807, 2.05) is 0 Å². The second-order valence-electron chi connectivity index (χ2n) is 3.56. The average Bonchev–Trinajstić information content (AvgIpc) is 2.62. The van der Waals surface area contributed by atoms with Gasteiger partial charge < -0.3 is 17.1 Å². The minimum absolute atomic E-state index is 0. The van der Waals surface area contributed by atoms with Gasteiger partial charge in [-0.3, -0.25) is 0 Å². The number of halogens is 1. The summed E-state index contributed by atoms with van der Waals surface area (Å²) in [5.41, 5.74) is 0. The van der Waals surface area contributed by atoms with Crippen LogP contribution in [0.4, 0.5) is 0 Å². The van der Waals surface area contributed by atoms with Crippen LogP contribution in [0, 0.1) is 0 Å². The quantitative estimate of drug-likeness (QED) is 0.370. The maximum atomic E-state index is 11.3. The first-order chi connectivity index (χ1) is 5.33. The summed E-state index contributed by atoms with van der Waals surface area (Å²) in [6, 6.07) is 0. The summed E-state index contributed by atoms with van der Waals surface area (Å²) in [6.45, 7) is 0.741. The zero-order chi connectivity index (χ0) is 9.41. The molecule has 0 amide bonds. The summed E-state index contributed by atoms with van der Waals surface area (Å²) in [7, 11) is 1.14. The highest BCUT2D eigenvalue weighted by Gasteiger charge is 2.33. The van der Waals surface area contributed by atoms with Gasteiger partial charge in [0.1, 0.15) is 12.7 Å². The Kier molecular flexibility index (Phi) is 4.14. The van der Waals surface area contributed by atoms with E-state index >= 15 is 0 Å². The van der Waals surface area contributed by atoms with Crippen molar-refractivity contribution in [3.63, 3.8) is 0 Å². The molecule has 1 heterocycles. The van der Waals surface area contributed by atoms with Crippen molar-refractivity contribution in [3.05, 3.63) is 0 Å². The Bertz CT molecular complexity index is 254. The molecule has 0 N–H and O–H groups in total. The van der Waals surface area contributed by atoms with Gasteiger partial charge in [-0.25, -0.2) is 8.07 Å². The molecule has 0 aromatic carbocycles. The van der Waals surface area contributed by atoms with Gasteiger partial charge in [-0.15, -0.1) is 8.42 Å². The molecule has 1 unspecified atom stereocenters. The molecule has 0 spiro atoms. The van der Waals surface area contributed by atoms with E-state index in [0.717, 1.165) is 0 Å². The maximum Gasteiger partial charge on any atom is 0.434 e. The predicted octanol–water partition coefficient (Wildman–Crippen LogP) is -3.64. The molecule has 80 valence electrons. The van der Waals surface area contributed by atoms with Crippen molar-refractivity contribution >= 4 is 10.3 Å². The Morgan fingerprint density at radius 1 is 1.46 bits per heavy atom. The first-order valence-corrected chi connectivity index (χ1v) is 5.02. The van der Waals surface area contributed by atoms with Crippen molar-refractivity contribution in [3.8, 4) is 0 Å². The Morgan fingerprint density at radius 3 is 2.23 bits per heavy atom. The molecular weight excluding hydrogens is 218 g/mol. The van der Waals surface area contributed by atoms with Crippen LogP contribution in [0.1, 0.15) is 0 Å². The minimum Gasteiger partial charge on any atom is -1.00 e. The highest BCUT2D eigenvalue weighted by Crippen LogP contribution is 2.13. The molecular formula is C6H14ClNO4S. The molecule has 1 atom stereocenters. The van der Waals surface area contributed by atoms with Crippen molar-refractivity contribution < 1.29 is 33.6 Å². The zero-order valence-electron chi connectivity index (χ0n) is 7.86. The summed E-state index contributed by atoms with van der Waals surface area (Å²) < 4.78 is 31.9. The van der Waals surface area contributed by atoms with Crippen molar-refractivity contribution in [2.24, 2.45) is 0 Å². The lowest BCUT2D eigenvalue weighted by Crippen LogP contribution is -3.00. The van der Waals surface area contributed by atoms with Gasteiger partial charge >= 0.3 is 10.3 Å². The van der Waals surface area contributed by atoms with Gasteiger partial charge in [0.25, 0.3) is 0 Å². The van der Waals surface area contributed by atoms with Crippen LogP contribution in [-0.2, 0) is 19.2 Å². The van der Waals surface area contributed by atoms with E-state index in [2.05, 4.69) is 0 Å². The van der Waals surface area contributed by atoms with Crippen LogP contribution in [-0.4, -0.2) is 52.8 Å². The Labute approximate surface area is 84.9 Å². The van der Waals surface area contributed by atoms with Crippen molar-refractivity contribution in [1.82, 2.24) is 0 Å². The smallest absolute Gasteiger partial charge is 0.434 e. The molecule has 5 nitrogen and oxygen atoms in total. The first kappa shape index (κ1) is 13.1. The normalized spacial score (nSPS) is 22.2. The molecule has 1 fully saturated rings. The van der Waals surface area contributed by atoms with E-state index in [-0.39, 0.29) is 29.0 Å². The highest BCUT2D eigenvalue weighted by atomic mass is 35.5. The Hall–Kier alpha value is 0.120. The van der Waals surface area contributed by atoms with Crippen molar-refractivity contribution in [2.45, 2.75) is 6.10 Å². The monoisotopic (exact) mass is 231 g/mol. The van der Waals surface area contributed by atoms with Crippen LogP contribution in [0.15, 0.2) is 0 Å². The van der Waals surface area contributed by atoms with Crippen LogP contribution >= 0.6 is 0 Å². The maximum absolute atomic E-state index is 11.3. The van der Waals surface area contributed by atoms with Crippen molar-refractivity contribution in [1.29, 1.82) is 0 Å². The summed E-state index contributed by atoms with van der Waals surface area (Å²) in [4.78, 5) is 0. The number of quaternary nitrogens is 1. The lowest BCUT2D eigenvalue weighted by Gasteiger charge is -2.20. The van der Waals surface area contributed by atoms with Gasteiger partial charge in [0.05, 0.1) is 27.7 Å². The molecule has 1 saturated heterocycles. The number of nitrogens with zero attached hydrogens (tertiary/aromatic N) is 1.